The SMILES string of the molecule is COc1cc([S+](C)[O-])ccc1-c1nc2c(=O)[nH]ncc2[nH]1. The number of aromatic amines is 2. The zero-order chi connectivity index (χ0) is 15.0. The second-order valence-corrected chi connectivity index (χ2v) is 5.74. The quantitative estimate of drug-likeness (QED) is 0.704. The lowest BCUT2D eigenvalue weighted by atomic mass is 10.2. The fraction of sp³-hybridized carbons (Fsp3) is 0.154. The molecule has 2 heterocycles. The standard InChI is InChI=1S/C13H12N4O3S/c1-20-10-5-7(21(2)19)3-4-8(10)12-15-9-6-14-17-13(18)11(9)16-12/h3-6H,1-2H3,(H,15,16)(H,17,18). The van der Waals surface area contributed by atoms with Gasteiger partial charge in [-0.2, -0.15) is 5.10 Å². The smallest absolute Gasteiger partial charge is 0.292 e. The van der Waals surface area contributed by atoms with E-state index in [-0.39, 0.29) is 11.1 Å². The molecule has 0 aliphatic heterocycles. The van der Waals surface area contributed by atoms with Gasteiger partial charge < -0.3 is 14.3 Å². The molecule has 1 aromatic carbocycles. The van der Waals surface area contributed by atoms with Crippen LogP contribution in [-0.4, -0.2) is 38.1 Å². The van der Waals surface area contributed by atoms with Gasteiger partial charge in [0.1, 0.15) is 17.8 Å². The van der Waals surface area contributed by atoms with Crippen LogP contribution >= 0.6 is 0 Å². The molecule has 108 valence electrons. The van der Waals surface area contributed by atoms with Crippen LogP contribution in [0.3, 0.4) is 0 Å². The zero-order valence-corrected chi connectivity index (χ0v) is 12.2. The first-order chi connectivity index (χ1) is 10.1. The minimum atomic E-state index is -1.10. The van der Waals surface area contributed by atoms with E-state index in [4.69, 9.17) is 4.74 Å². The van der Waals surface area contributed by atoms with Gasteiger partial charge in [-0.15, -0.1) is 0 Å². The van der Waals surface area contributed by atoms with Crippen molar-refractivity contribution in [3.8, 4) is 17.1 Å². The van der Waals surface area contributed by atoms with Crippen molar-refractivity contribution in [1.29, 1.82) is 0 Å². The number of methoxy groups -OCH3 is 1. The Hall–Kier alpha value is -2.32. The highest BCUT2D eigenvalue weighted by molar-refractivity contribution is 7.90. The summed E-state index contributed by atoms with van der Waals surface area (Å²) in [5.41, 5.74) is 1.15. The number of benzene rings is 1. The number of rotatable bonds is 3. The van der Waals surface area contributed by atoms with Crippen molar-refractivity contribution in [3.05, 3.63) is 34.7 Å². The fourth-order valence-electron chi connectivity index (χ4n) is 2.04. The van der Waals surface area contributed by atoms with E-state index in [1.807, 2.05) is 0 Å². The number of H-pyrrole nitrogens is 2. The Labute approximate surface area is 122 Å². The monoisotopic (exact) mass is 304 g/mol. The minimum absolute atomic E-state index is 0.283. The maximum atomic E-state index is 11.6. The Kier molecular flexibility index (Phi) is 3.40. The van der Waals surface area contributed by atoms with Gasteiger partial charge in [0.25, 0.3) is 5.56 Å². The summed E-state index contributed by atoms with van der Waals surface area (Å²) in [7, 11) is 1.53. The highest BCUT2D eigenvalue weighted by Crippen LogP contribution is 2.31. The molecule has 3 rings (SSSR count). The third-order valence-electron chi connectivity index (χ3n) is 3.07. The Bertz CT molecular complexity index is 856. The largest absolute Gasteiger partial charge is 0.612 e. The molecule has 0 amide bonds. The summed E-state index contributed by atoms with van der Waals surface area (Å²) in [6.07, 6.45) is 3.09. The average molecular weight is 304 g/mol. The summed E-state index contributed by atoms with van der Waals surface area (Å²) in [6, 6.07) is 5.19. The highest BCUT2D eigenvalue weighted by atomic mass is 32.2. The molecular formula is C13H12N4O3S. The predicted molar refractivity (Wildman–Crippen MR) is 78.8 cm³/mol. The molecule has 0 saturated carbocycles. The molecule has 0 radical (unpaired) electrons. The van der Waals surface area contributed by atoms with Crippen molar-refractivity contribution in [1.82, 2.24) is 20.2 Å². The molecule has 0 bridgehead atoms. The number of hydrogen-bond acceptors (Lipinski definition) is 5. The lowest BCUT2D eigenvalue weighted by molar-refractivity contribution is 0.415. The van der Waals surface area contributed by atoms with Crippen LogP contribution in [-0.2, 0) is 11.2 Å². The number of aromatic nitrogens is 4. The van der Waals surface area contributed by atoms with Crippen LogP contribution in [0.5, 0.6) is 5.75 Å². The van der Waals surface area contributed by atoms with Crippen molar-refractivity contribution in [2.45, 2.75) is 4.90 Å². The highest BCUT2D eigenvalue weighted by Gasteiger charge is 2.15. The minimum Gasteiger partial charge on any atom is -0.612 e. The Morgan fingerprint density at radius 3 is 2.86 bits per heavy atom. The maximum Gasteiger partial charge on any atom is 0.292 e. The fourth-order valence-corrected chi connectivity index (χ4v) is 2.57. The van der Waals surface area contributed by atoms with E-state index >= 15 is 0 Å². The van der Waals surface area contributed by atoms with Crippen molar-refractivity contribution >= 4 is 22.2 Å². The topological polar surface area (TPSA) is 107 Å². The number of ether oxygens (including phenoxy) is 1. The van der Waals surface area contributed by atoms with Gasteiger partial charge in [-0.3, -0.25) is 4.79 Å². The van der Waals surface area contributed by atoms with Gasteiger partial charge >= 0.3 is 0 Å². The van der Waals surface area contributed by atoms with E-state index in [0.717, 1.165) is 0 Å². The van der Waals surface area contributed by atoms with Gasteiger partial charge in [0, 0.05) is 6.07 Å². The van der Waals surface area contributed by atoms with E-state index in [1.54, 1.807) is 24.5 Å². The summed E-state index contributed by atoms with van der Waals surface area (Å²) in [5, 5.41) is 6.05. The lowest BCUT2D eigenvalue weighted by Crippen LogP contribution is -2.06. The average Bonchev–Trinajstić information content (AvgIpc) is 2.91. The first kappa shape index (κ1) is 13.7. The molecule has 7 nitrogen and oxygen atoms in total. The third kappa shape index (κ3) is 2.39. The normalized spacial score (nSPS) is 12.5. The van der Waals surface area contributed by atoms with E-state index in [1.165, 1.54) is 13.3 Å². The van der Waals surface area contributed by atoms with Crippen molar-refractivity contribution in [2.75, 3.05) is 13.4 Å². The second kappa shape index (κ2) is 5.23. The molecule has 3 aromatic rings. The second-order valence-electron chi connectivity index (χ2n) is 4.36. The van der Waals surface area contributed by atoms with Crippen LogP contribution in [0.1, 0.15) is 0 Å². The summed E-state index contributed by atoms with van der Waals surface area (Å²) in [5.74, 6) is 1.03. The first-order valence-corrected chi connectivity index (χ1v) is 7.61. The van der Waals surface area contributed by atoms with Crippen LogP contribution in [0.15, 0.2) is 34.1 Å². The van der Waals surface area contributed by atoms with E-state index in [0.29, 0.717) is 27.5 Å². The van der Waals surface area contributed by atoms with Gasteiger partial charge in [0.05, 0.1) is 24.4 Å². The lowest BCUT2D eigenvalue weighted by Gasteiger charge is -2.09. The maximum absolute atomic E-state index is 11.6. The van der Waals surface area contributed by atoms with Crippen molar-refractivity contribution in [3.63, 3.8) is 0 Å². The number of hydrogen-bond donors (Lipinski definition) is 2. The van der Waals surface area contributed by atoms with E-state index in [9.17, 15) is 9.35 Å². The van der Waals surface area contributed by atoms with Crippen LogP contribution < -0.4 is 10.3 Å². The molecular weight excluding hydrogens is 292 g/mol. The Morgan fingerprint density at radius 2 is 2.19 bits per heavy atom. The van der Waals surface area contributed by atoms with E-state index < -0.39 is 11.2 Å². The Balaban J connectivity index is 2.18. The summed E-state index contributed by atoms with van der Waals surface area (Å²) < 4.78 is 16.8. The number of imidazole rings is 1. The molecule has 2 N–H and O–H groups in total. The summed E-state index contributed by atoms with van der Waals surface area (Å²) >= 11 is -1.10. The molecule has 1 atom stereocenters. The van der Waals surface area contributed by atoms with Crippen molar-refractivity contribution < 1.29 is 9.29 Å². The molecule has 0 fully saturated rings. The first-order valence-electron chi connectivity index (χ1n) is 6.05. The van der Waals surface area contributed by atoms with Gasteiger partial charge in [-0.1, -0.05) is 0 Å². The molecule has 21 heavy (non-hydrogen) atoms. The number of nitrogens with one attached hydrogen (secondary N) is 2. The number of fused-ring (bicyclic) bond motifs is 1. The molecule has 2 aromatic heterocycles. The van der Waals surface area contributed by atoms with Crippen LogP contribution in [0.25, 0.3) is 22.4 Å². The number of nitrogens with zero attached hydrogens (tertiary/aromatic N) is 2. The third-order valence-corrected chi connectivity index (χ3v) is 3.98. The molecule has 8 heteroatoms. The zero-order valence-electron chi connectivity index (χ0n) is 11.3. The van der Waals surface area contributed by atoms with Crippen LogP contribution in [0, 0.1) is 0 Å². The molecule has 0 aliphatic carbocycles. The van der Waals surface area contributed by atoms with Crippen LogP contribution in [0.2, 0.25) is 0 Å². The molecule has 0 spiro atoms. The Morgan fingerprint density at radius 1 is 1.38 bits per heavy atom. The van der Waals surface area contributed by atoms with Gasteiger partial charge in [0.15, 0.2) is 10.4 Å². The van der Waals surface area contributed by atoms with E-state index in [2.05, 4.69) is 20.2 Å². The summed E-state index contributed by atoms with van der Waals surface area (Å²) in [4.78, 5) is 19.6. The predicted octanol–water partition coefficient (Wildman–Crippen LogP) is 1.06. The van der Waals surface area contributed by atoms with Crippen LogP contribution in [0.4, 0.5) is 0 Å². The van der Waals surface area contributed by atoms with Gasteiger partial charge in [0.2, 0.25) is 0 Å². The van der Waals surface area contributed by atoms with Gasteiger partial charge in [-0.05, 0) is 23.3 Å². The molecule has 0 aliphatic rings. The van der Waals surface area contributed by atoms with Gasteiger partial charge in [-0.25, -0.2) is 10.1 Å². The molecule has 1 unspecified atom stereocenters. The van der Waals surface area contributed by atoms with Crippen molar-refractivity contribution in [2.24, 2.45) is 0 Å². The molecule has 0 saturated heterocycles. The summed E-state index contributed by atoms with van der Waals surface area (Å²) in [6.45, 7) is 0.